The van der Waals surface area contributed by atoms with Gasteiger partial charge >= 0.3 is 19.5 Å². The van der Waals surface area contributed by atoms with E-state index in [1.807, 2.05) is 0 Å². The molecule has 0 spiro atoms. The van der Waals surface area contributed by atoms with E-state index in [0.29, 0.717) is 72.3 Å². The fourth-order valence-electron chi connectivity index (χ4n) is 16.0. The van der Waals surface area contributed by atoms with Gasteiger partial charge in [0, 0.05) is 44.8 Å². The summed E-state index contributed by atoms with van der Waals surface area (Å²) in [5.74, 6) is 5.42. The standard InChI is InChI=1S/C96H120N8O4.Zn/c1-5-9-13-17-21-25-29-33-37-41-53-105-77-49-45-69-61-81-85(65-73(69)57-77)93-99-89(81)97-90-83-63-71-47-51-79(107-55-43-39-35-31-27-23-19-15-11-7-3)59-75(71)67-87(83)95(101-90)104-96-88-68-76-60-80(108-56-44-40-36-32-28-24-20-16-12-8-4)52-48-72(76)64-84(88)92(102-96)98-91-82-62-70-46-50-78(58-74(70)66-86(82)94(100-91)103-93)106-54-42-38-34-30-26-22-18-14-10-6-2;/h45-52,57-68H,5-44,53-56H2,1-4H3;/q-2;+2. The number of fused-ring (bicyclic) bond motifs is 24. The fourth-order valence-corrected chi connectivity index (χ4v) is 16.0. The van der Waals surface area contributed by atoms with Crippen LogP contribution in [-0.2, 0) is 19.5 Å². The topological polar surface area (TPSA) is 142 Å². The molecule has 0 atom stereocenters. The zero-order valence-electron chi connectivity index (χ0n) is 66.6. The monoisotopic (exact) mass is 1510 g/mol. The van der Waals surface area contributed by atoms with E-state index in [0.717, 1.165) is 136 Å². The Balaban J connectivity index is 0.0000111. The van der Waals surface area contributed by atoms with Crippen molar-refractivity contribution in [3.63, 3.8) is 0 Å². The maximum atomic E-state index is 6.51. The van der Waals surface area contributed by atoms with Crippen molar-refractivity contribution in [3.8, 4) is 68.5 Å². The maximum Gasteiger partial charge on any atom is 2.00 e. The van der Waals surface area contributed by atoms with Crippen LogP contribution in [0.1, 0.15) is 285 Å². The smallest absolute Gasteiger partial charge is 0.494 e. The van der Waals surface area contributed by atoms with Gasteiger partial charge in [-0.3, -0.25) is 0 Å². The summed E-state index contributed by atoms with van der Waals surface area (Å²) < 4.78 is 26.0. The number of hydrogen-bond donors (Lipinski definition) is 0. The first-order valence-electron chi connectivity index (χ1n) is 42.9. The molecule has 109 heavy (non-hydrogen) atoms. The Morgan fingerprint density at radius 1 is 0.211 bits per heavy atom. The van der Waals surface area contributed by atoms with Crippen molar-refractivity contribution in [1.82, 2.24) is 39.9 Å². The minimum atomic E-state index is 0. The van der Waals surface area contributed by atoms with Gasteiger partial charge < -0.3 is 48.9 Å². The van der Waals surface area contributed by atoms with Crippen molar-refractivity contribution in [1.29, 1.82) is 0 Å². The number of benzene rings is 8. The van der Waals surface area contributed by atoms with E-state index in [1.54, 1.807) is 0 Å². The Bertz CT molecular complexity index is 4600. The zero-order chi connectivity index (χ0) is 73.9. The van der Waals surface area contributed by atoms with Gasteiger partial charge in [0.25, 0.3) is 0 Å². The van der Waals surface area contributed by atoms with E-state index in [-0.39, 0.29) is 19.5 Å². The molecule has 2 aliphatic heterocycles. The van der Waals surface area contributed by atoms with Crippen LogP contribution in [0.4, 0.5) is 0 Å². The molecule has 13 heteroatoms. The van der Waals surface area contributed by atoms with Gasteiger partial charge in [0.2, 0.25) is 0 Å². The van der Waals surface area contributed by atoms with Gasteiger partial charge in [0.15, 0.2) is 0 Å². The van der Waals surface area contributed by atoms with Crippen molar-refractivity contribution in [2.45, 2.75) is 285 Å². The Labute approximate surface area is 662 Å². The minimum absolute atomic E-state index is 0. The second-order valence-electron chi connectivity index (χ2n) is 31.2. The largest absolute Gasteiger partial charge is 2.00 e. The van der Waals surface area contributed by atoms with Gasteiger partial charge in [-0.2, -0.15) is 0 Å². The van der Waals surface area contributed by atoms with Crippen LogP contribution in [0.3, 0.4) is 0 Å². The maximum absolute atomic E-state index is 6.51. The van der Waals surface area contributed by atoms with Gasteiger partial charge in [-0.1, -0.05) is 283 Å². The third kappa shape index (κ3) is 22.2. The normalized spacial score (nSPS) is 11.9. The summed E-state index contributed by atoms with van der Waals surface area (Å²) in [6.45, 7) is 11.9. The summed E-state index contributed by atoms with van der Waals surface area (Å²) in [5, 5.41) is 11.7. The van der Waals surface area contributed by atoms with Gasteiger partial charge in [-0.05, 0) is 187 Å². The second kappa shape index (κ2) is 42.4. The molecule has 8 aromatic carbocycles. The number of ether oxygens (including phenoxy) is 4. The summed E-state index contributed by atoms with van der Waals surface area (Å²) >= 11 is 0. The second-order valence-corrected chi connectivity index (χ2v) is 31.2. The summed E-state index contributed by atoms with van der Waals surface area (Å²) in [6, 6.07) is 43.2. The summed E-state index contributed by atoms with van der Waals surface area (Å²) in [4.78, 5) is 43.9. The molecule has 0 unspecified atom stereocenters. The molecule has 0 radical (unpaired) electrons. The Morgan fingerprint density at radius 3 is 0.642 bits per heavy atom. The van der Waals surface area contributed by atoms with E-state index >= 15 is 0 Å². The van der Waals surface area contributed by atoms with Crippen LogP contribution in [-0.4, -0.2) is 56.3 Å². The first-order chi connectivity index (χ1) is 53.4. The van der Waals surface area contributed by atoms with Crippen molar-refractivity contribution in [2.75, 3.05) is 26.4 Å². The predicted molar refractivity (Wildman–Crippen MR) is 453 cm³/mol. The molecule has 8 bridgehead atoms. The number of aromatic nitrogens is 8. The van der Waals surface area contributed by atoms with Gasteiger partial charge in [-0.15, -0.1) is 0 Å². The Kier molecular flexibility index (Phi) is 31.3. The molecular formula is C96H120N8O4Zn. The average Bonchev–Trinajstić information content (AvgIpc) is 1.60. The summed E-state index contributed by atoms with van der Waals surface area (Å²) in [5.41, 5.74) is 5.42. The SMILES string of the molecule is CCCCCCCCCCCCOc1ccc2cc3c(cc2c1)-c1nc-3nc2[n-]c(nc3nc(nc4[n-]c(n1)c1cc5cc(OCCCCCCCCCCCC)ccc5cc41)-c1cc4ccc(OCCCCCCCCCCCC)cc4cc1-3)c1cc3cc(OCCCCCCCCCCCC)ccc3cc21.[Zn+2]. The van der Waals surface area contributed by atoms with Crippen molar-refractivity contribution >= 4 is 87.2 Å². The third-order valence-electron chi connectivity index (χ3n) is 22.5. The number of rotatable bonds is 48. The van der Waals surface area contributed by atoms with Crippen LogP contribution in [0.15, 0.2) is 121 Å². The summed E-state index contributed by atoms with van der Waals surface area (Å²) in [7, 11) is 0. The number of hydrogen-bond acceptors (Lipinski definition) is 10. The molecule has 13 rings (SSSR count). The van der Waals surface area contributed by atoms with Crippen LogP contribution in [0, 0.1) is 0 Å². The van der Waals surface area contributed by atoms with Crippen LogP contribution in [0.5, 0.6) is 23.0 Å². The van der Waals surface area contributed by atoms with Gasteiger partial charge in [0.05, 0.1) is 49.7 Å². The van der Waals surface area contributed by atoms with Crippen LogP contribution in [0.2, 0.25) is 0 Å². The molecule has 5 heterocycles. The predicted octanol–water partition coefficient (Wildman–Crippen LogP) is 27.9. The quantitative estimate of drug-likeness (QED) is 0.0265. The molecule has 12 nitrogen and oxygen atoms in total. The molecule has 0 aliphatic carbocycles. The zero-order valence-corrected chi connectivity index (χ0v) is 69.5. The molecule has 11 aromatic rings. The van der Waals surface area contributed by atoms with Crippen molar-refractivity contribution in [3.05, 3.63) is 121 Å². The van der Waals surface area contributed by atoms with Gasteiger partial charge in [-0.25, -0.2) is 9.97 Å². The van der Waals surface area contributed by atoms with E-state index in [1.165, 1.54) is 231 Å². The van der Waals surface area contributed by atoms with Gasteiger partial charge in [0.1, 0.15) is 23.0 Å². The molecule has 2 aliphatic rings. The first kappa shape index (κ1) is 80.5. The summed E-state index contributed by atoms with van der Waals surface area (Å²) in [6.07, 6.45) is 51.2. The first-order valence-corrected chi connectivity index (χ1v) is 42.9. The molecule has 0 saturated heterocycles. The minimum Gasteiger partial charge on any atom is -0.494 e. The molecule has 0 N–H and O–H groups in total. The molecule has 0 amide bonds. The molecule has 570 valence electrons. The number of unbranched alkanes of at least 4 members (excludes halogenated alkanes) is 36. The molecule has 3 aromatic heterocycles. The van der Waals surface area contributed by atoms with E-state index < -0.39 is 0 Å². The van der Waals surface area contributed by atoms with Crippen LogP contribution >= 0.6 is 0 Å². The Morgan fingerprint density at radius 2 is 0.404 bits per heavy atom. The van der Waals surface area contributed by atoms with E-state index in [9.17, 15) is 0 Å². The fraction of sp³-hybridized carbons (Fsp3) is 0.500. The third-order valence-corrected chi connectivity index (χ3v) is 22.5. The van der Waals surface area contributed by atoms with E-state index in [4.69, 9.17) is 58.8 Å². The molecular weight excluding hydrogens is 1390 g/mol. The van der Waals surface area contributed by atoms with Crippen LogP contribution < -0.4 is 28.9 Å². The van der Waals surface area contributed by atoms with Crippen molar-refractivity contribution in [2.24, 2.45) is 0 Å². The molecule has 0 saturated carbocycles. The van der Waals surface area contributed by atoms with Crippen molar-refractivity contribution < 1.29 is 38.4 Å². The van der Waals surface area contributed by atoms with E-state index in [2.05, 4.69) is 149 Å². The van der Waals surface area contributed by atoms with Crippen LogP contribution in [0.25, 0.3) is 133 Å². The molecule has 0 fully saturated rings. The number of nitrogens with zero attached hydrogens (tertiary/aromatic N) is 8. The Hall–Kier alpha value is -8.02. The average molecular weight is 1520 g/mol.